The summed E-state index contributed by atoms with van der Waals surface area (Å²) in [6.45, 7) is 3.76. The van der Waals surface area contributed by atoms with E-state index >= 15 is 0 Å². The summed E-state index contributed by atoms with van der Waals surface area (Å²) in [6, 6.07) is 0. The van der Waals surface area contributed by atoms with E-state index in [1.165, 1.54) is 25.7 Å². The van der Waals surface area contributed by atoms with Crippen LogP contribution in [0, 0.1) is 5.92 Å². The van der Waals surface area contributed by atoms with E-state index in [0.29, 0.717) is 11.9 Å². The fraction of sp³-hybridized carbons (Fsp3) is 0.750. The molecule has 0 bridgehead atoms. The van der Waals surface area contributed by atoms with Gasteiger partial charge < -0.3 is 10.2 Å². The molecule has 1 N–H and O–H groups in total. The van der Waals surface area contributed by atoms with Gasteiger partial charge in [0, 0.05) is 20.1 Å². The highest BCUT2D eigenvalue weighted by Crippen LogP contribution is 2.26. The number of hydrogen-bond donors (Lipinski definition) is 1. The summed E-state index contributed by atoms with van der Waals surface area (Å²) in [7, 11) is 2.01. The van der Waals surface area contributed by atoms with Crippen LogP contribution in [0.4, 0.5) is 11.9 Å². The second kappa shape index (κ2) is 6.18. The van der Waals surface area contributed by atoms with Crippen molar-refractivity contribution in [3.05, 3.63) is 5.28 Å². The van der Waals surface area contributed by atoms with Gasteiger partial charge in [-0.05, 0) is 37.3 Å². The zero-order valence-corrected chi connectivity index (χ0v) is 11.7. The first-order chi connectivity index (χ1) is 8.69. The normalized spacial score (nSPS) is 15.9. The van der Waals surface area contributed by atoms with Crippen molar-refractivity contribution < 1.29 is 0 Å². The average Bonchev–Trinajstić information content (AvgIpc) is 2.81. The first kappa shape index (κ1) is 13.3. The smallest absolute Gasteiger partial charge is 0.231 e. The highest BCUT2D eigenvalue weighted by atomic mass is 35.5. The van der Waals surface area contributed by atoms with E-state index < -0.39 is 0 Å². The third kappa shape index (κ3) is 3.45. The molecule has 1 fully saturated rings. The highest BCUT2D eigenvalue weighted by molar-refractivity contribution is 6.28. The highest BCUT2D eigenvalue weighted by Gasteiger charge is 2.18. The standard InChI is InChI=1S/C12H20ClN5/c1-3-14-11-15-10(13)16-12(17-11)18(2)8-9-6-4-5-7-9/h9H,3-8H2,1-2H3,(H,14,15,16,17). The van der Waals surface area contributed by atoms with Gasteiger partial charge in [-0.25, -0.2) is 0 Å². The Morgan fingerprint density at radius 3 is 2.67 bits per heavy atom. The van der Waals surface area contributed by atoms with E-state index in [2.05, 4.69) is 25.2 Å². The Labute approximate surface area is 113 Å². The zero-order valence-electron chi connectivity index (χ0n) is 11.0. The average molecular weight is 270 g/mol. The molecule has 1 aromatic rings. The molecule has 1 aliphatic carbocycles. The van der Waals surface area contributed by atoms with Gasteiger partial charge in [0.2, 0.25) is 17.2 Å². The maximum absolute atomic E-state index is 5.92. The summed E-state index contributed by atoms with van der Waals surface area (Å²) < 4.78 is 0. The minimum atomic E-state index is 0.245. The first-order valence-corrected chi connectivity index (χ1v) is 6.93. The van der Waals surface area contributed by atoms with Gasteiger partial charge in [-0.3, -0.25) is 0 Å². The lowest BCUT2D eigenvalue weighted by Gasteiger charge is -2.21. The molecule has 0 radical (unpaired) electrons. The Kier molecular flexibility index (Phi) is 4.58. The van der Waals surface area contributed by atoms with Gasteiger partial charge in [0.25, 0.3) is 0 Å². The topological polar surface area (TPSA) is 53.9 Å². The second-order valence-electron chi connectivity index (χ2n) is 4.79. The Bertz CT molecular complexity index is 392. The van der Waals surface area contributed by atoms with Crippen LogP contribution in [0.1, 0.15) is 32.6 Å². The molecule has 0 amide bonds. The quantitative estimate of drug-likeness (QED) is 0.890. The van der Waals surface area contributed by atoms with Gasteiger partial charge in [0.05, 0.1) is 0 Å². The van der Waals surface area contributed by atoms with Crippen molar-refractivity contribution in [2.24, 2.45) is 5.92 Å². The molecule has 0 atom stereocenters. The van der Waals surface area contributed by atoms with Crippen molar-refractivity contribution in [1.82, 2.24) is 15.0 Å². The predicted octanol–water partition coefficient (Wildman–Crippen LogP) is 2.58. The maximum atomic E-state index is 5.92. The number of hydrogen-bond acceptors (Lipinski definition) is 5. The van der Waals surface area contributed by atoms with E-state index in [9.17, 15) is 0 Å². The van der Waals surface area contributed by atoms with Crippen molar-refractivity contribution in [2.75, 3.05) is 30.4 Å². The lowest BCUT2D eigenvalue weighted by atomic mass is 10.1. The number of nitrogens with zero attached hydrogens (tertiary/aromatic N) is 4. The number of halogens is 1. The monoisotopic (exact) mass is 269 g/mol. The van der Waals surface area contributed by atoms with E-state index in [1.807, 2.05) is 14.0 Å². The van der Waals surface area contributed by atoms with E-state index in [4.69, 9.17) is 11.6 Å². The summed E-state index contributed by atoms with van der Waals surface area (Å²) in [4.78, 5) is 14.7. The molecular weight excluding hydrogens is 250 g/mol. The van der Waals surface area contributed by atoms with Crippen molar-refractivity contribution in [3.8, 4) is 0 Å². The Morgan fingerprint density at radius 2 is 2.00 bits per heavy atom. The van der Waals surface area contributed by atoms with Crippen LogP contribution < -0.4 is 10.2 Å². The first-order valence-electron chi connectivity index (χ1n) is 6.55. The van der Waals surface area contributed by atoms with Gasteiger partial charge in [-0.15, -0.1) is 0 Å². The molecule has 0 aliphatic heterocycles. The van der Waals surface area contributed by atoms with Gasteiger partial charge in [-0.2, -0.15) is 15.0 Å². The van der Waals surface area contributed by atoms with E-state index in [1.54, 1.807) is 0 Å². The molecule has 18 heavy (non-hydrogen) atoms. The molecule has 6 heteroatoms. The lowest BCUT2D eigenvalue weighted by Crippen LogP contribution is -2.26. The molecule has 2 rings (SSSR count). The zero-order chi connectivity index (χ0) is 13.0. The molecule has 5 nitrogen and oxygen atoms in total. The van der Waals surface area contributed by atoms with Crippen LogP contribution in [0.3, 0.4) is 0 Å². The number of nitrogens with one attached hydrogen (secondary N) is 1. The van der Waals surface area contributed by atoms with Gasteiger partial charge in [0.1, 0.15) is 0 Å². The van der Waals surface area contributed by atoms with Gasteiger partial charge >= 0.3 is 0 Å². The van der Waals surface area contributed by atoms with Crippen LogP contribution in [0.2, 0.25) is 5.28 Å². The van der Waals surface area contributed by atoms with Crippen LogP contribution in [0.5, 0.6) is 0 Å². The molecular formula is C12H20ClN5. The molecule has 1 aromatic heterocycles. The van der Waals surface area contributed by atoms with Crippen molar-refractivity contribution >= 4 is 23.5 Å². The molecule has 0 saturated heterocycles. The summed E-state index contributed by atoms with van der Waals surface area (Å²) in [6.07, 6.45) is 5.31. The van der Waals surface area contributed by atoms with Crippen LogP contribution in [0.15, 0.2) is 0 Å². The molecule has 0 spiro atoms. The fourth-order valence-electron chi connectivity index (χ4n) is 2.41. The SMILES string of the molecule is CCNc1nc(Cl)nc(N(C)CC2CCCC2)n1. The third-order valence-corrected chi connectivity index (χ3v) is 3.45. The lowest BCUT2D eigenvalue weighted by molar-refractivity contribution is 0.542. The molecule has 1 aliphatic rings. The van der Waals surface area contributed by atoms with E-state index in [-0.39, 0.29) is 5.28 Å². The molecule has 100 valence electrons. The second-order valence-corrected chi connectivity index (χ2v) is 5.13. The minimum Gasteiger partial charge on any atom is -0.354 e. The largest absolute Gasteiger partial charge is 0.354 e. The van der Waals surface area contributed by atoms with E-state index in [0.717, 1.165) is 19.0 Å². The third-order valence-electron chi connectivity index (χ3n) is 3.28. The predicted molar refractivity (Wildman–Crippen MR) is 74.2 cm³/mol. The summed E-state index contributed by atoms with van der Waals surface area (Å²) in [5, 5.41) is 3.31. The molecule has 1 saturated carbocycles. The van der Waals surface area contributed by atoms with Crippen LogP contribution in [-0.4, -0.2) is 35.1 Å². The van der Waals surface area contributed by atoms with Crippen molar-refractivity contribution in [2.45, 2.75) is 32.6 Å². The molecule has 0 unspecified atom stereocenters. The molecule has 0 aromatic carbocycles. The molecule has 1 heterocycles. The number of rotatable bonds is 5. The van der Waals surface area contributed by atoms with Crippen molar-refractivity contribution in [1.29, 1.82) is 0 Å². The van der Waals surface area contributed by atoms with Gasteiger partial charge in [0.15, 0.2) is 0 Å². The maximum Gasteiger partial charge on any atom is 0.231 e. The fourth-order valence-corrected chi connectivity index (χ4v) is 2.57. The van der Waals surface area contributed by atoms with Gasteiger partial charge in [-0.1, -0.05) is 12.8 Å². The summed E-state index contributed by atoms with van der Waals surface area (Å²) in [5.41, 5.74) is 0. The Morgan fingerprint density at radius 1 is 1.28 bits per heavy atom. The van der Waals surface area contributed by atoms with Crippen LogP contribution >= 0.6 is 11.6 Å². The Hall–Kier alpha value is -1.10. The van der Waals surface area contributed by atoms with Crippen molar-refractivity contribution in [3.63, 3.8) is 0 Å². The summed E-state index contributed by atoms with van der Waals surface area (Å²) >= 11 is 5.92. The summed E-state index contributed by atoms with van der Waals surface area (Å²) in [5.74, 6) is 1.96. The van der Waals surface area contributed by atoms with Crippen LogP contribution in [0.25, 0.3) is 0 Å². The minimum absolute atomic E-state index is 0.245. The Balaban J connectivity index is 2.05. The number of aromatic nitrogens is 3. The van der Waals surface area contributed by atoms with Crippen LogP contribution in [-0.2, 0) is 0 Å². The number of anilines is 2.